The molecule has 0 aliphatic heterocycles. The summed E-state index contributed by atoms with van der Waals surface area (Å²) in [6.07, 6.45) is 7.36. The van der Waals surface area contributed by atoms with Gasteiger partial charge in [0.05, 0.1) is 24.4 Å². The van der Waals surface area contributed by atoms with Gasteiger partial charge in [-0.1, -0.05) is 43.3 Å². The molecular weight excluding hydrogens is 466 g/mol. The highest BCUT2D eigenvalue weighted by Crippen LogP contribution is 2.36. The van der Waals surface area contributed by atoms with Crippen LogP contribution in [0.4, 0.5) is 11.5 Å². The zero-order valence-electron chi connectivity index (χ0n) is 21.9. The number of methoxy groups -OCH3 is 1. The van der Waals surface area contributed by atoms with E-state index < -0.39 is 0 Å². The molecule has 0 bridgehead atoms. The number of amides is 1. The summed E-state index contributed by atoms with van der Waals surface area (Å²) in [5.74, 6) is 1.71. The number of fused-ring (bicyclic) bond motifs is 1. The predicted molar refractivity (Wildman–Crippen MR) is 148 cm³/mol. The zero-order chi connectivity index (χ0) is 26.0. The number of carbonyl (C=O) groups is 1. The molecular formula is C29H37N5O3. The van der Waals surface area contributed by atoms with Crippen molar-refractivity contribution >= 4 is 28.3 Å². The molecule has 2 N–H and O–H groups in total. The van der Waals surface area contributed by atoms with Crippen molar-refractivity contribution in [1.82, 2.24) is 14.9 Å². The Kier molecular flexibility index (Phi) is 9.46. The quantitative estimate of drug-likeness (QED) is 0.298. The maximum absolute atomic E-state index is 12.8. The maximum Gasteiger partial charge on any atom is 0.248 e. The molecule has 1 fully saturated rings. The first-order valence-electron chi connectivity index (χ1n) is 13.0. The summed E-state index contributed by atoms with van der Waals surface area (Å²) in [4.78, 5) is 24.0. The van der Waals surface area contributed by atoms with Crippen molar-refractivity contribution < 1.29 is 14.3 Å². The number of anilines is 2. The van der Waals surface area contributed by atoms with Crippen LogP contribution in [-0.2, 0) is 9.53 Å². The van der Waals surface area contributed by atoms with Gasteiger partial charge in [0.1, 0.15) is 17.9 Å². The van der Waals surface area contributed by atoms with E-state index in [2.05, 4.69) is 51.5 Å². The average molecular weight is 504 g/mol. The lowest BCUT2D eigenvalue weighted by atomic mass is 10.1. The van der Waals surface area contributed by atoms with E-state index in [1.165, 1.54) is 12.8 Å². The Morgan fingerprint density at radius 3 is 2.76 bits per heavy atom. The minimum Gasteiger partial charge on any atom is -0.491 e. The van der Waals surface area contributed by atoms with Gasteiger partial charge in [-0.2, -0.15) is 0 Å². The summed E-state index contributed by atoms with van der Waals surface area (Å²) in [6, 6.07) is 14.0. The van der Waals surface area contributed by atoms with Crippen LogP contribution < -0.4 is 15.4 Å². The van der Waals surface area contributed by atoms with Crippen LogP contribution in [0.5, 0.6) is 5.75 Å². The normalized spacial score (nSPS) is 14.3. The molecule has 3 aromatic rings. The van der Waals surface area contributed by atoms with Gasteiger partial charge < -0.3 is 20.1 Å². The summed E-state index contributed by atoms with van der Waals surface area (Å²) < 4.78 is 11.3. The molecule has 1 aromatic heterocycles. The SMILES string of the molecule is CCN(CC=CC(=O)Nc1cc2c(N[C@H](C)c3ccccc3)ncnc2cc1OCC1CC1)CCOC. The van der Waals surface area contributed by atoms with Gasteiger partial charge in [-0.15, -0.1) is 0 Å². The van der Waals surface area contributed by atoms with Gasteiger partial charge in [-0.3, -0.25) is 9.69 Å². The number of rotatable bonds is 14. The van der Waals surface area contributed by atoms with Gasteiger partial charge in [0.15, 0.2) is 0 Å². The van der Waals surface area contributed by atoms with Crippen molar-refractivity contribution in [2.24, 2.45) is 5.92 Å². The number of hydrogen-bond acceptors (Lipinski definition) is 7. The Balaban J connectivity index is 1.54. The first-order valence-corrected chi connectivity index (χ1v) is 13.0. The first-order chi connectivity index (χ1) is 18.1. The lowest BCUT2D eigenvalue weighted by Crippen LogP contribution is -2.27. The van der Waals surface area contributed by atoms with Crippen molar-refractivity contribution in [3.8, 4) is 5.75 Å². The summed E-state index contributed by atoms with van der Waals surface area (Å²) in [6.45, 7) is 7.86. The molecule has 4 rings (SSSR count). The highest BCUT2D eigenvalue weighted by atomic mass is 16.5. The molecule has 1 heterocycles. The van der Waals surface area contributed by atoms with E-state index in [0.717, 1.165) is 29.6 Å². The van der Waals surface area contributed by atoms with Crippen LogP contribution >= 0.6 is 0 Å². The van der Waals surface area contributed by atoms with Gasteiger partial charge in [0, 0.05) is 43.8 Å². The zero-order valence-corrected chi connectivity index (χ0v) is 21.9. The van der Waals surface area contributed by atoms with E-state index in [-0.39, 0.29) is 11.9 Å². The Morgan fingerprint density at radius 1 is 1.22 bits per heavy atom. The first kappa shape index (κ1) is 26.6. The molecule has 8 nitrogen and oxygen atoms in total. The second kappa shape index (κ2) is 13.2. The van der Waals surface area contributed by atoms with Crippen LogP contribution in [0.2, 0.25) is 0 Å². The van der Waals surface area contributed by atoms with Gasteiger partial charge in [0.25, 0.3) is 0 Å². The number of benzene rings is 2. The molecule has 0 spiro atoms. The van der Waals surface area contributed by atoms with Crippen molar-refractivity contribution in [2.75, 3.05) is 50.6 Å². The van der Waals surface area contributed by atoms with E-state index in [1.54, 1.807) is 19.5 Å². The van der Waals surface area contributed by atoms with Gasteiger partial charge in [-0.05, 0) is 43.9 Å². The number of aromatic nitrogens is 2. The Labute approximate surface area is 219 Å². The highest BCUT2D eigenvalue weighted by Gasteiger charge is 2.23. The van der Waals surface area contributed by atoms with Crippen molar-refractivity contribution in [3.63, 3.8) is 0 Å². The molecule has 1 saturated carbocycles. The van der Waals surface area contributed by atoms with Gasteiger partial charge in [-0.25, -0.2) is 9.97 Å². The predicted octanol–water partition coefficient (Wildman–Crippen LogP) is 5.05. The third-order valence-corrected chi connectivity index (χ3v) is 6.51. The van der Waals surface area contributed by atoms with Crippen molar-refractivity contribution in [2.45, 2.75) is 32.7 Å². The molecule has 0 saturated heterocycles. The van der Waals surface area contributed by atoms with Crippen molar-refractivity contribution in [1.29, 1.82) is 0 Å². The number of ether oxygens (including phenoxy) is 2. The topological polar surface area (TPSA) is 88.6 Å². The molecule has 2 aromatic carbocycles. The van der Waals surface area contributed by atoms with Gasteiger partial charge in [0.2, 0.25) is 5.91 Å². The van der Waals surface area contributed by atoms with E-state index in [4.69, 9.17) is 9.47 Å². The third-order valence-electron chi connectivity index (χ3n) is 6.51. The largest absolute Gasteiger partial charge is 0.491 e. The highest BCUT2D eigenvalue weighted by molar-refractivity contribution is 6.03. The van der Waals surface area contributed by atoms with E-state index in [0.29, 0.717) is 42.9 Å². The number of nitrogens with one attached hydrogen (secondary N) is 2. The monoisotopic (exact) mass is 503 g/mol. The fourth-order valence-electron chi connectivity index (χ4n) is 4.02. The molecule has 196 valence electrons. The van der Waals surface area contributed by atoms with Crippen LogP contribution in [0.25, 0.3) is 10.9 Å². The standard InChI is InChI=1S/C29H37N5O3/c1-4-34(15-16-36-3)14-8-11-28(35)33-26-17-24-25(18-27(26)37-19-22-12-13-22)30-20-31-29(24)32-21(2)23-9-6-5-7-10-23/h5-11,17-18,20-22H,4,12-16,19H2,1-3H3,(H,33,35)(H,30,31,32)/t21-/m1/s1. The summed E-state index contributed by atoms with van der Waals surface area (Å²) in [5.41, 5.74) is 2.53. The molecule has 1 amide bonds. The Hall–Kier alpha value is -3.49. The summed E-state index contributed by atoms with van der Waals surface area (Å²) in [5, 5.41) is 7.33. The Bertz CT molecular complexity index is 1200. The fraction of sp³-hybridized carbons (Fsp3) is 0.414. The van der Waals surface area contributed by atoms with Gasteiger partial charge >= 0.3 is 0 Å². The minimum absolute atomic E-state index is 0.0469. The molecule has 1 aliphatic rings. The number of likely N-dealkylation sites (N-methyl/N-ethyl adjacent to an activating group) is 1. The van der Waals surface area contributed by atoms with E-state index in [1.807, 2.05) is 36.4 Å². The van der Waals surface area contributed by atoms with Crippen LogP contribution in [0.3, 0.4) is 0 Å². The lowest BCUT2D eigenvalue weighted by molar-refractivity contribution is -0.111. The lowest BCUT2D eigenvalue weighted by Gasteiger charge is -2.18. The second-order valence-corrected chi connectivity index (χ2v) is 9.40. The maximum atomic E-state index is 12.8. The molecule has 1 atom stereocenters. The third kappa shape index (κ3) is 7.74. The number of carbonyl (C=O) groups excluding carboxylic acids is 1. The average Bonchev–Trinajstić information content (AvgIpc) is 3.75. The summed E-state index contributed by atoms with van der Waals surface area (Å²) in [7, 11) is 1.69. The van der Waals surface area contributed by atoms with Crippen LogP contribution in [-0.4, -0.2) is 60.7 Å². The fourth-order valence-corrected chi connectivity index (χ4v) is 4.02. The second-order valence-electron chi connectivity index (χ2n) is 9.40. The molecule has 8 heteroatoms. The minimum atomic E-state index is -0.206. The van der Waals surface area contributed by atoms with E-state index >= 15 is 0 Å². The van der Waals surface area contributed by atoms with Crippen LogP contribution in [0.15, 0.2) is 60.9 Å². The summed E-state index contributed by atoms with van der Waals surface area (Å²) >= 11 is 0. The van der Waals surface area contributed by atoms with Crippen LogP contribution in [0.1, 0.15) is 38.3 Å². The Morgan fingerprint density at radius 2 is 2.03 bits per heavy atom. The van der Waals surface area contributed by atoms with Crippen LogP contribution in [0, 0.1) is 5.92 Å². The molecule has 0 radical (unpaired) electrons. The smallest absolute Gasteiger partial charge is 0.248 e. The van der Waals surface area contributed by atoms with Crippen molar-refractivity contribution in [3.05, 3.63) is 66.5 Å². The number of hydrogen-bond donors (Lipinski definition) is 2. The molecule has 1 aliphatic carbocycles. The number of nitrogens with zero attached hydrogens (tertiary/aromatic N) is 3. The van der Waals surface area contributed by atoms with E-state index in [9.17, 15) is 4.79 Å². The molecule has 37 heavy (non-hydrogen) atoms. The molecule has 0 unspecified atom stereocenters.